The molecule has 3 aromatic carbocycles. The third-order valence-electron chi connectivity index (χ3n) is 5.24. The van der Waals surface area contributed by atoms with Crippen LogP contribution in [0, 0.1) is 13.8 Å². The molecule has 0 radical (unpaired) electrons. The molecule has 0 unspecified atom stereocenters. The molecule has 4 nitrogen and oxygen atoms in total. The van der Waals surface area contributed by atoms with Gasteiger partial charge in [-0.1, -0.05) is 18.2 Å². The topological polar surface area (TPSA) is 36.3 Å². The Morgan fingerprint density at radius 3 is 2.30 bits per heavy atom. The summed E-state index contributed by atoms with van der Waals surface area (Å²) in [6, 6.07) is 22.8. The zero-order chi connectivity index (χ0) is 20.9. The molecule has 1 aromatic heterocycles. The predicted molar refractivity (Wildman–Crippen MR) is 122 cm³/mol. The Hall–Kier alpha value is -3.27. The van der Waals surface area contributed by atoms with Crippen molar-refractivity contribution in [3.63, 3.8) is 0 Å². The Labute approximate surface area is 178 Å². The fourth-order valence-electron chi connectivity index (χ4n) is 3.84. The number of para-hydroxylation sites is 2. The van der Waals surface area contributed by atoms with E-state index in [1.54, 1.807) is 7.11 Å². The fraction of sp³-hybridized carbons (Fsp3) is 0.269. The van der Waals surface area contributed by atoms with Crippen molar-refractivity contribution in [2.45, 2.75) is 33.2 Å². The molecule has 0 aliphatic rings. The van der Waals surface area contributed by atoms with Crippen molar-refractivity contribution in [2.24, 2.45) is 0 Å². The summed E-state index contributed by atoms with van der Waals surface area (Å²) in [5, 5.41) is 0. The number of benzene rings is 3. The van der Waals surface area contributed by atoms with Crippen molar-refractivity contribution in [1.82, 2.24) is 9.55 Å². The lowest BCUT2D eigenvalue weighted by Gasteiger charge is -2.11. The number of rotatable bonds is 8. The van der Waals surface area contributed by atoms with Gasteiger partial charge in [-0.25, -0.2) is 4.98 Å². The van der Waals surface area contributed by atoms with Gasteiger partial charge in [0, 0.05) is 12.1 Å². The van der Waals surface area contributed by atoms with Gasteiger partial charge in [0.2, 0.25) is 0 Å². The molecule has 0 saturated heterocycles. The van der Waals surface area contributed by atoms with Crippen LogP contribution in [0.5, 0.6) is 11.5 Å². The highest BCUT2D eigenvalue weighted by molar-refractivity contribution is 5.80. The first kappa shape index (κ1) is 20.0. The van der Waals surface area contributed by atoms with Crippen LogP contribution in [0.3, 0.4) is 0 Å². The second-order valence-electron chi connectivity index (χ2n) is 7.68. The molecule has 1 heterocycles. The Morgan fingerprint density at radius 2 is 1.57 bits per heavy atom. The van der Waals surface area contributed by atoms with Gasteiger partial charge in [0.15, 0.2) is 0 Å². The summed E-state index contributed by atoms with van der Waals surface area (Å²) in [7, 11) is 1.68. The second kappa shape index (κ2) is 9.04. The maximum Gasteiger partial charge on any atom is 0.141 e. The average Bonchev–Trinajstić information content (AvgIpc) is 3.11. The van der Waals surface area contributed by atoms with Crippen LogP contribution in [0.4, 0.5) is 0 Å². The maximum atomic E-state index is 5.98. The minimum Gasteiger partial charge on any atom is -0.497 e. The molecule has 0 bridgehead atoms. The standard InChI is InChI=1S/C26H28N2O2/c1-19-16-20(2)18-23(17-19)30-15-7-6-14-28-25-9-5-4-8-24(25)27-26(28)21-10-12-22(29-3)13-11-21/h4-5,8-13,16-18H,6-7,14-15H2,1-3H3. The highest BCUT2D eigenvalue weighted by atomic mass is 16.5. The van der Waals surface area contributed by atoms with E-state index in [2.05, 4.69) is 66.9 Å². The minimum absolute atomic E-state index is 0.716. The highest BCUT2D eigenvalue weighted by Gasteiger charge is 2.12. The van der Waals surface area contributed by atoms with Crippen molar-refractivity contribution >= 4 is 11.0 Å². The first-order valence-corrected chi connectivity index (χ1v) is 10.4. The molecule has 154 valence electrons. The molecule has 0 amide bonds. The molecule has 0 spiro atoms. The predicted octanol–water partition coefficient (Wildman–Crippen LogP) is 6.19. The van der Waals surface area contributed by atoms with Crippen molar-refractivity contribution < 1.29 is 9.47 Å². The van der Waals surface area contributed by atoms with Crippen molar-refractivity contribution in [1.29, 1.82) is 0 Å². The second-order valence-corrected chi connectivity index (χ2v) is 7.68. The lowest BCUT2D eigenvalue weighted by molar-refractivity contribution is 0.303. The zero-order valence-electron chi connectivity index (χ0n) is 17.9. The summed E-state index contributed by atoms with van der Waals surface area (Å²) in [6.45, 7) is 5.82. The molecule has 4 aromatic rings. The molecule has 0 atom stereocenters. The Kier molecular flexibility index (Phi) is 6.03. The van der Waals surface area contributed by atoms with Gasteiger partial charge in [0.05, 0.1) is 24.8 Å². The van der Waals surface area contributed by atoms with Gasteiger partial charge < -0.3 is 14.0 Å². The summed E-state index contributed by atoms with van der Waals surface area (Å²) in [4.78, 5) is 4.90. The van der Waals surface area contributed by atoms with Crippen molar-refractivity contribution in [3.05, 3.63) is 77.9 Å². The van der Waals surface area contributed by atoms with Gasteiger partial charge in [0.1, 0.15) is 17.3 Å². The minimum atomic E-state index is 0.716. The van der Waals surface area contributed by atoms with Crippen LogP contribution in [-0.4, -0.2) is 23.3 Å². The molecular formula is C26H28N2O2. The largest absolute Gasteiger partial charge is 0.497 e. The van der Waals surface area contributed by atoms with Crippen LogP contribution < -0.4 is 9.47 Å². The van der Waals surface area contributed by atoms with Crippen LogP contribution in [0.25, 0.3) is 22.4 Å². The van der Waals surface area contributed by atoms with Gasteiger partial charge in [-0.2, -0.15) is 0 Å². The van der Waals surface area contributed by atoms with E-state index in [1.807, 2.05) is 18.2 Å². The summed E-state index contributed by atoms with van der Waals surface area (Å²) in [5.41, 5.74) is 5.75. The van der Waals surface area contributed by atoms with Gasteiger partial charge >= 0.3 is 0 Å². The van der Waals surface area contributed by atoms with Gasteiger partial charge in [0.25, 0.3) is 0 Å². The molecule has 0 N–H and O–H groups in total. The Bertz CT molecular complexity index is 1110. The van der Waals surface area contributed by atoms with Crippen LogP contribution in [-0.2, 0) is 6.54 Å². The maximum absolute atomic E-state index is 5.98. The number of unbranched alkanes of at least 4 members (excludes halogenated alkanes) is 1. The van der Waals surface area contributed by atoms with Gasteiger partial charge in [-0.3, -0.25) is 0 Å². The van der Waals surface area contributed by atoms with Crippen molar-refractivity contribution in [2.75, 3.05) is 13.7 Å². The summed E-state index contributed by atoms with van der Waals surface area (Å²) in [6.07, 6.45) is 2.01. The number of hydrogen-bond acceptors (Lipinski definition) is 3. The fourth-order valence-corrected chi connectivity index (χ4v) is 3.84. The van der Waals surface area contributed by atoms with E-state index < -0.39 is 0 Å². The van der Waals surface area contributed by atoms with E-state index in [1.165, 1.54) is 16.6 Å². The van der Waals surface area contributed by atoms with Crippen LogP contribution in [0.2, 0.25) is 0 Å². The Morgan fingerprint density at radius 1 is 0.833 bits per heavy atom. The first-order chi connectivity index (χ1) is 14.6. The number of aryl methyl sites for hydroxylation is 3. The monoisotopic (exact) mass is 400 g/mol. The number of aromatic nitrogens is 2. The lowest BCUT2D eigenvalue weighted by atomic mass is 10.1. The number of methoxy groups -OCH3 is 1. The number of fused-ring (bicyclic) bond motifs is 1. The van der Waals surface area contributed by atoms with E-state index in [0.29, 0.717) is 6.61 Å². The average molecular weight is 401 g/mol. The van der Waals surface area contributed by atoms with E-state index in [9.17, 15) is 0 Å². The van der Waals surface area contributed by atoms with Crippen LogP contribution in [0.1, 0.15) is 24.0 Å². The van der Waals surface area contributed by atoms with Crippen LogP contribution >= 0.6 is 0 Å². The SMILES string of the molecule is COc1ccc(-c2nc3ccccc3n2CCCCOc2cc(C)cc(C)c2)cc1. The molecule has 0 saturated carbocycles. The van der Waals surface area contributed by atoms with E-state index >= 15 is 0 Å². The normalized spacial score (nSPS) is 11.0. The van der Waals surface area contributed by atoms with Gasteiger partial charge in [-0.15, -0.1) is 0 Å². The number of hydrogen-bond donors (Lipinski definition) is 0. The number of nitrogens with zero attached hydrogens (tertiary/aromatic N) is 2. The molecule has 4 rings (SSSR count). The molecule has 30 heavy (non-hydrogen) atoms. The molecule has 0 aliphatic heterocycles. The highest BCUT2D eigenvalue weighted by Crippen LogP contribution is 2.27. The molecule has 0 fully saturated rings. The van der Waals surface area contributed by atoms with E-state index in [4.69, 9.17) is 14.5 Å². The molecule has 4 heteroatoms. The molecular weight excluding hydrogens is 372 g/mol. The van der Waals surface area contributed by atoms with Gasteiger partial charge in [-0.05, 0) is 86.3 Å². The quantitative estimate of drug-likeness (QED) is 0.331. The first-order valence-electron chi connectivity index (χ1n) is 10.4. The number of imidazole rings is 1. The summed E-state index contributed by atoms with van der Waals surface area (Å²) < 4.78 is 13.6. The Balaban J connectivity index is 1.46. The lowest BCUT2D eigenvalue weighted by Crippen LogP contribution is -2.04. The third kappa shape index (κ3) is 4.48. The van der Waals surface area contributed by atoms with E-state index in [-0.39, 0.29) is 0 Å². The van der Waals surface area contributed by atoms with Crippen LogP contribution in [0.15, 0.2) is 66.7 Å². The van der Waals surface area contributed by atoms with Crippen molar-refractivity contribution in [3.8, 4) is 22.9 Å². The molecule has 0 aliphatic carbocycles. The van der Waals surface area contributed by atoms with E-state index in [0.717, 1.165) is 47.8 Å². The summed E-state index contributed by atoms with van der Waals surface area (Å²) >= 11 is 0. The smallest absolute Gasteiger partial charge is 0.141 e. The zero-order valence-corrected chi connectivity index (χ0v) is 17.9. The summed E-state index contributed by atoms with van der Waals surface area (Å²) in [5.74, 6) is 2.80. The third-order valence-corrected chi connectivity index (χ3v) is 5.24. The number of ether oxygens (including phenoxy) is 2.